The van der Waals surface area contributed by atoms with Crippen molar-refractivity contribution in [1.82, 2.24) is 9.97 Å². The number of aryl methyl sites for hydroxylation is 1. The van der Waals surface area contributed by atoms with E-state index in [4.69, 9.17) is 0 Å². The second kappa shape index (κ2) is 7.52. The number of sulfonamides is 1. The molecule has 0 fully saturated rings. The molecule has 1 heterocycles. The number of nitrogens with one attached hydrogen (secondary N) is 1. The zero-order chi connectivity index (χ0) is 20.4. The Morgan fingerprint density at radius 3 is 2.34 bits per heavy atom. The van der Waals surface area contributed by atoms with Crippen LogP contribution in [0.2, 0.25) is 0 Å². The summed E-state index contributed by atoms with van der Waals surface area (Å²) in [5.74, 6) is 0.636. The second-order valence-electron chi connectivity index (χ2n) is 6.80. The van der Waals surface area contributed by atoms with Gasteiger partial charge in [0.1, 0.15) is 0 Å². The van der Waals surface area contributed by atoms with E-state index >= 15 is 0 Å². The molecule has 0 spiro atoms. The third-order valence-electron chi connectivity index (χ3n) is 4.54. The molecule has 4 aromatic rings. The van der Waals surface area contributed by atoms with Crippen molar-refractivity contribution < 1.29 is 8.42 Å². The summed E-state index contributed by atoms with van der Waals surface area (Å²) in [5, 5.41) is 2.24. The van der Waals surface area contributed by atoms with Gasteiger partial charge in [0.25, 0.3) is 0 Å². The quantitative estimate of drug-likeness (QED) is 0.518. The first-order chi connectivity index (χ1) is 13.9. The van der Waals surface area contributed by atoms with Gasteiger partial charge in [-0.1, -0.05) is 36.4 Å². The van der Waals surface area contributed by atoms with Crippen molar-refractivity contribution in [2.24, 2.45) is 0 Å². The largest absolute Gasteiger partial charge is 0.294 e. The predicted molar refractivity (Wildman–Crippen MR) is 117 cm³/mol. The molecule has 0 bridgehead atoms. The molecule has 29 heavy (non-hydrogen) atoms. The Kier molecular flexibility index (Phi) is 4.90. The Morgan fingerprint density at radius 2 is 1.62 bits per heavy atom. The van der Waals surface area contributed by atoms with E-state index in [2.05, 4.69) is 39.0 Å². The Bertz CT molecular complexity index is 1270. The number of fused-ring (bicyclic) bond motifs is 1. The number of rotatable bonds is 5. The molecule has 146 valence electrons. The molecule has 1 N–H and O–H groups in total. The van der Waals surface area contributed by atoms with Crippen molar-refractivity contribution >= 4 is 43.7 Å². The third-order valence-corrected chi connectivity index (χ3v) is 5.14. The number of aromatic nitrogens is 2. The molecule has 0 aliphatic rings. The number of benzene rings is 3. The molecule has 0 aliphatic heterocycles. The molecular weight excluding hydrogens is 384 g/mol. The van der Waals surface area contributed by atoms with Gasteiger partial charge >= 0.3 is 0 Å². The van der Waals surface area contributed by atoms with Crippen LogP contribution in [0.5, 0.6) is 0 Å². The average molecular weight is 404 g/mol. The first-order valence-corrected chi connectivity index (χ1v) is 10.9. The summed E-state index contributed by atoms with van der Waals surface area (Å²) in [7, 11) is -3.40. The summed E-state index contributed by atoms with van der Waals surface area (Å²) in [4.78, 5) is 10.6. The SMILES string of the molecule is Cc1ccc(N(c2ccc3ccccc3c2)c2cnccn2)cc1NS(C)(=O)=O. The Balaban J connectivity index is 1.88. The minimum atomic E-state index is -3.40. The van der Waals surface area contributed by atoms with E-state index in [1.165, 1.54) is 0 Å². The molecule has 7 heteroatoms. The number of nitrogens with zero attached hydrogens (tertiary/aromatic N) is 3. The van der Waals surface area contributed by atoms with Gasteiger partial charge in [-0.25, -0.2) is 13.4 Å². The maximum Gasteiger partial charge on any atom is 0.229 e. The highest BCUT2D eigenvalue weighted by Gasteiger charge is 2.16. The maximum absolute atomic E-state index is 11.8. The molecule has 0 radical (unpaired) electrons. The van der Waals surface area contributed by atoms with Crippen LogP contribution in [0, 0.1) is 6.92 Å². The lowest BCUT2D eigenvalue weighted by Gasteiger charge is -2.25. The van der Waals surface area contributed by atoms with Crippen molar-refractivity contribution in [3.05, 3.63) is 84.8 Å². The number of hydrogen-bond donors (Lipinski definition) is 1. The fraction of sp³-hybridized carbons (Fsp3) is 0.0909. The average Bonchev–Trinajstić information content (AvgIpc) is 2.70. The van der Waals surface area contributed by atoms with Crippen LogP contribution in [0.3, 0.4) is 0 Å². The third kappa shape index (κ3) is 4.20. The van der Waals surface area contributed by atoms with E-state index in [9.17, 15) is 8.42 Å². The van der Waals surface area contributed by atoms with Crippen LogP contribution in [-0.2, 0) is 10.0 Å². The fourth-order valence-electron chi connectivity index (χ4n) is 3.19. The van der Waals surface area contributed by atoms with E-state index in [0.29, 0.717) is 11.5 Å². The van der Waals surface area contributed by atoms with Crippen LogP contribution in [0.4, 0.5) is 22.9 Å². The van der Waals surface area contributed by atoms with Crippen LogP contribution < -0.4 is 9.62 Å². The maximum atomic E-state index is 11.8. The fourth-order valence-corrected chi connectivity index (χ4v) is 3.81. The van der Waals surface area contributed by atoms with Gasteiger partial charge in [-0.3, -0.25) is 14.6 Å². The zero-order valence-electron chi connectivity index (χ0n) is 16.1. The molecule has 6 nitrogen and oxygen atoms in total. The van der Waals surface area contributed by atoms with Gasteiger partial charge in [-0.2, -0.15) is 0 Å². The van der Waals surface area contributed by atoms with Crippen molar-refractivity contribution in [3.8, 4) is 0 Å². The molecule has 4 rings (SSSR count). The Hall–Kier alpha value is -3.45. The standard InChI is InChI=1S/C22H20N4O2S/c1-16-7-9-20(14-21(16)25-29(2,27)28)26(22-15-23-11-12-24-22)19-10-8-17-5-3-4-6-18(17)13-19/h3-15,25H,1-2H3. The van der Waals surface area contributed by atoms with Gasteiger partial charge in [0.05, 0.1) is 18.1 Å². The Morgan fingerprint density at radius 1 is 0.897 bits per heavy atom. The van der Waals surface area contributed by atoms with Gasteiger partial charge in [-0.05, 0) is 47.5 Å². The van der Waals surface area contributed by atoms with Gasteiger partial charge in [0.15, 0.2) is 5.82 Å². The molecule has 1 aromatic heterocycles. The second-order valence-corrected chi connectivity index (χ2v) is 8.55. The van der Waals surface area contributed by atoms with Crippen LogP contribution in [-0.4, -0.2) is 24.6 Å². The van der Waals surface area contributed by atoms with Crippen molar-refractivity contribution in [1.29, 1.82) is 0 Å². The van der Waals surface area contributed by atoms with E-state index in [1.54, 1.807) is 24.7 Å². The molecule has 0 unspecified atom stereocenters. The lowest BCUT2D eigenvalue weighted by atomic mass is 10.1. The van der Waals surface area contributed by atoms with Crippen molar-refractivity contribution in [2.45, 2.75) is 6.92 Å². The number of anilines is 4. The highest BCUT2D eigenvalue weighted by atomic mass is 32.2. The molecule has 0 saturated heterocycles. The van der Waals surface area contributed by atoms with Gasteiger partial charge in [-0.15, -0.1) is 0 Å². The van der Waals surface area contributed by atoms with Gasteiger partial charge < -0.3 is 0 Å². The van der Waals surface area contributed by atoms with E-state index in [-0.39, 0.29) is 0 Å². The lowest BCUT2D eigenvalue weighted by molar-refractivity contribution is 0.607. The van der Waals surface area contributed by atoms with Gasteiger partial charge in [0.2, 0.25) is 10.0 Å². The van der Waals surface area contributed by atoms with E-state index < -0.39 is 10.0 Å². The summed E-state index contributed by atoms with van der Waals surface area (Å²) in [6.07, 6.45) is 6.07. The summed E-state index contributed by atoms with van der Waals surface area (Å²) in [6.45, 7) is 1.86. The number of hydrogen-bond acceptors (Lipinski definition) is 5. The lowest BCUT2D eigenvalue weighted by Crippen LogP contribution is -2.14. The van der Waals surface area contributed by atoms with Crippen molar-refractivity contribution in [2.75, 3.05) is 15.9 Å². The molecule has 0 atom stereocenters. The monoisotopic (exact) mass is 404 g/mol. The van der Waals surface area contributed by atoms with Crippen molar-refractivity contribution in [3.63, 3.8) is 0 Å². The molecule has 3 aromatic carbocycles. The molecule has 0 saturated carbocycles. The summed E-state index contributed by atoms with van der Waals surface area (Å²) >= 11 is 0. The van der Waals surface area contributed by atoms with Crippen LogP contribution in [0.15, 0.2) is 79.3 Å². The summed E-state index contributed by atoms with van der Waals surface area (Å²) in [5.41, 5.74) is 3.03. The first kappa shape index (κ1) is 18.9. The minimum absolute atomic E-state index is 0.527. The van der Waals surface area contributed by atoms with Crippen LogP contribution in [0.25, 0.3) is 10.8 Å². The van der Waals surface area contributed by atoms with Gasteiger partial charge in [0, 0.05) is 23.8 Å². The summed E-state index contributed by atoms with van der Waals surface area (Å²) < 4.78 is 26.1. The normalized spacial score (nSPS) is 11.4. The molecular formula is C22H20N4O2S. The highest BCUT2D eigenvalue weighted by Crippen LogP contribution is 2.36. The molecule has 0 aliphatic carbocycles. The first-order valence-electron chi connectivity index (χ1n) is 9.04. The predicted octanol–water partition coefficient (Wildman–Crippen LogP) is 4.78. The zero-order valence-corrected chi connectivity index (χ0v) is 16.9. The highest BCUT2D eigenvalue weighted by molar-refractivity contribution is 7.92. The van der Waals surface area contributed by atoms with E-state index in [1.807, 2.05) is 42.2 Å². The van der Waals surface area contributed by atoms with E-state index in [0.717, 1.165) is 34.0 Å². The van der Waals surface area contributed by atoms with Crippen LogP contribution >= 0.6 is 0 Å². The summed E-state index contributed by atoms with van der Waals surface area (Å²) in [6, 6.07) is 19.9. The van der Waals surface area contributed by atoms with Crippen LogP contribution in [0.1, 0.15) is 5.56 Å². The Labute approximate surface area is 169 Å². The smallest absolute Gasteiger partial charge is 0.229 e. The minimum Gasteiger partial charge on any atom is -0.294 e. The topological polar surface area (TPSA) is 75.2 Å². The molecule has 0 amide bonds.